The minimum absolute atomic E-state index is 0.00231. The lowest BCUT2D eigenvalue weighted by Crippen LogP contribution is -2.62. The van der Waals surface area contributed by atoms with E-state index in [2.05, 4.69) is 392 Å². The molecule has 13 aromatic carbocycles. The van der Waals surface area contributed by atoms with Gasteiger partial charge >= 0.3 is 0 Å². The topological polar surface area (TPSA) is 22.2 Å². The summed E-state index contributed by atoms with van der Waals surface area (Å²) < 4.78 is 7.43. The molecule has 4 heterocycles. The Morgan fingerprint density at radius 1 is 0.435 bits per heavy atom. The average Bonchev–Trinajstić information content (AvgIpc) is 0.687. The van der Waals surface area contributed by atoms with Crippen molar-refractivity contribution in [1.82, 2.24) is 0 Å². The maximum absolute atomic E-state index is 7.43. The molecular formula is C100H82B2N4OS. The van der Waals surface area contributed by atoms with Crippen LogP contribution in [0, 0.1) is 0 Å². The summed E-state index contributed by atoms with van der Waals surface area (Å²) in [6.45, 7) is 6.90. The van der Waals surface area contributed by atoms with Crippen LogP contribution >= 0.6 is 11.8 Å². The first-order chi connectivity index (χ1) is 53.2. The molecule has 0 N–H and O–H groups in total. The summed E-state index contributed by atoms with van der Waals surface area (Å²) in [5, 5.41) is 0.0139. The Kier molecular flexibility index (Phi) is 16.6. The zero-order valence-corrected chi connectivity index (χ0v) is 62.0. The van der Waals surface area contributed by atoms with Gasteiger partial charge < -0.3 is 24.3 Å². The van der Waals surface area contributed by atoms with Gasteiger partial charge in [0.05, 0.1) is 17.4 Å². The first kappa shape index (κ1) is 65.8. The number of nitrogens with zero attached hydrogens (tertiary/aromatic N) is 4. The molecule has 4 unspecified atom stereocenters. The molecule has 7 aliphatic rings. The molecule has 1 saturated carbocycles. The van der Waals surface area contributed by atoms with Crippen LogP contribution in [0.5, 0.6) is 11.5 Å². The summed E-state index contributed by atoms with van der Waals surface area (Å²) >= 11 is 2.03. The first-order valence-corrected chi connectivity index (χ1v) is 39.7. The van der Waals surface area contributed by atoms with Gasteiger partial charge in [0.15, 0.2) is 0 Å². The minimum Gasteiger partial charge on any atom is -0.458 e. The summed E-state index contributed by atoms with van der Waals surface area (Å²) in [5.41, 5.74) is 30.2. The molecule has 4 aliphatic heterocycles. The Bertz CT molecular complexity index is 5710. The monoisotopic (exact) mass is 1410 g/mol. The number of ether oxygens (including phenoxy) is 1. The smallest absolute Gasteiger partial charge is 0.228 e. The Morgan fingerprint density at radius 2 is 0.981 bits per heavy atom. The molecule has 13 aromatic rings. The number of hydrogen-bond acceptors (Lipinski definition) is 6. The van der Waals surface area contributed by atoms with Crippen LogP contribution < -0.4 is 40.7 Å². The van der Waals surface area contributed by atoms with Crippen LogP contribution in [0.15, 0.2) is 379 Å². The van der Waals surface area contributed by atoms with Crippen molar-refractivity contribution in [3.8, 4) is 56.0 Å². The van der Waals surface area contributed by atoms with Gasteiger partial charge in [-0.1, -0.05) is 300 Å². The Balaban J connectivity index is 0.827. The van der Waals surface area contributed by atoms with E-state index in [0.717, 1.165) is 56.8 Å². The number of benzene rings is 13. The van der Waals surface area contributed by atoms with Crippen LogP contribution in [0.1, 0.15) is 69.9 Å². The number of thioether (sulfide) groups is 1. The molecule has 3 aliphatic carbocycles. The summed E-state index contributed by atoms with van der Waals surface area (Å²) in [7, 11) is 0. The van der Waals surface area contributed by atoms with E-state index in [1.54, 1.807) is 0 Å². The summed E-state index contributed by atoms with van der Waals surface area (Å²) in [6.07, 6.45) is 17.0. The Hall–Kier alpha value is -11.7. The maximum atomic E-state index is 7.43. The number of allylic oxidation sites excluding steroid dienone is 3. The van der Waals surface area contributed by atoms with E-state index in [0.29, 0.717) is 5.92 Å². The van der Waals surface area contributed by atoms with Gasteiger partial charge in [-0.25, -0.2) is 0 Å². The number of rotatable bonds is 13. The zero-order chi connectivity index (χ0) is 72.0. The maximum Gasteiger partial charge on any atom is 0.228 e. The number of fused-ring (bicyclic) bond motifs is 8. The molecule has 0 radical (unpaired) electrons. The van der Waals surface area contributed by atoms with Crippen molar-refractivity contribution >= 4 is 87.1 Å². The van der Waals surface area contributed by atoms with E-state index in [4.69, 9.17) is 4.74 Å². The minimum atomic E-state index is -0.219. The predicted octanol–water partition coefficient (Wildman–Crippen LogP) is 24.5. The van der Waals surface area contributed by atoms with Crippen LogP contribution in [-0.2, 0) is 5.41 Å². The van der Waals surface area contributed by atoms with Crippen molar-refractivity contribution in [2.24, 2.45) is 0 Å². The number of para-hydroxylation sites is 6. The van der Waals surface area contributed by atoms with Gasteiger partial charge in [-0.2, -0.15) is 0 Å². The van der Waals surface area contributed by atoms with Crippen LogP contribution in [0.2, 0.25) is 11.6 Å². The molecule has 4 atom stereocenters. The predicted molar refractivity (Wildman–Crippen MR) is 457 cm³/mol. The van der Waals surface area contributed by atoms with Crippen molar-refractivity contribution in [3.63, 3.8) is 0 Å². The molecular weight excluding hydrogens is 1330 g/mol. The van der Waals surface area contributed by atoms with Crippen molar-refractivity contribution < 1.29 is 4.74 Å². The van der Waals surface area contributed by atoms with Gasteiger partial charge in [0, 0.05) is 84.4 Å². The molecule has 5 nitrogen and oxygen atoms in total. The van der Waals surface area contributed by atoms with Gasteiger partial charge in [0.25, 0.3) is 0 Å². The average molecular weight is 1410 g/mol. The van der Waals surface area contributed by atoms with Gasteiger partial charge in [0.2, 0.25) is 13.4 Å². The Morgan fingerprint density at radius 3 is 1.67 bits per heavy atom. The highest BCUT2D eigenvalue weighted by molar-refractivity contribution is 8.00. The second-order valence-corrected chi connectivity index (χ2v) is 32.4. The van der Waals surface area contributed by atoms with E-state index in [1.165, 1.54) is 132 Å². The summed E-state index contributed by atoms with van der Waals surface area (Å²) in [5.74, 6) is 2.33. The third kappa shape index (κ3) is 11.5. The standard InChI is InChI=1S/C100H82B2N4OS/c1-100(2,3)74-55-49-73(50-56-74)82-41-21-26-46-89(82)106-91-66-96-86(102-84-43-23-28-48-94(84)107-95-63-79(64-97(108-96)99(95)102)104(77-59-53-70(54-60-77)68-31-11-5-12-32-68)88-45-25-20-40-81(88)72-35-15-7-16-36-72)65-85(91)101-83-42-22-27-47-90(83)105(75-37-17-8-18-38-75)92-61-78(62-93(106)98(92)101)103(76-57-51-69(52-58-76)67-29-9-4-10-30-67)87-44-24-19-39-80(87)71-33-13-6-14-34-71/h4-6,8-14,17-34,37-66,72,86,93,96,98H,7,15-16,35-36H2,1-3H3. The molecule has 2 fully saturated rings. The highest BCUT2D eigenvalue weighted by Gasteiger charge is 2.57. The molecule has 108 heavy (non-hydrogen) atoms. The lowest BCUT2D eigenvalue weighted by atomic mass is 9.25. The second-order valence-electron chi connectivity index (χ2n) is 31.2. The summed E-state index contributed by atoms with van der Waals surface area (Å²) in [6, 6.07) is 122. The number of anilines is 8. The van der Waals surface area contributed by atoms with E-state index < -0.39 is 0 Å². The molecule has 20 rings (SSSR count). The third-order valence-electron chi connectivity index (χ3n) is 23.9. The van der Waals surface area contributed by atoms with Crippen molar-refractivity contribution in [1.29, 1.82) is 0 Å². The number of hydrogen-bond donors (Lipinski definition) is 0. The highest BCUT2D eigenvalue weighted by Crippen LogP contribution is 2.59. The van der Waals surface area contributed by atoms with E-state index in [9.17, 15) is 0 Å². The largest absolute Gasteiger partial charge is 0.458 e. The normalized spacial score (nSPS) is 18.1. The van der Waals surface area contributed by atoms with Crippen molar-refractivity contribution in [3.05, 3.63) is 386 Å². The fraction of sp³-hybridized carbons (Fsp3) is 0.140. The molecule has 1 saturated heterocycles. The second kappa shape index (κ2) is 27.3. The van der Waals surface area contributed by atoms with Crippen LogP contribution in [0.4, 0.5) is 45.5 Å². The van der Waals surface area contributed by atoms with Crippen LogP contribution in [-0.4, -0.2) is 24.7 Å². The quantitative estimate of drug-likeness (QED) is 0.107. The van der Waals surface area contributed by atoms with Crippen molar-refractivity contribution in [2.75, 3.05) is 19.6 Å². The molecule has 520 valence electrons. The summed E-state index contributed by atoms with van der Waals surface area (Å²) in [4.78, 5) is 11.8. The fourth-order valence-electron chi connectivity index (χ4n) is 18.9. The molecule has 0 amide bonds. The molecule has 8 heteroatoms. The zero-order valence-electron chi connectivity index (χ0n) is 61.2. The van der Waals surface area contributed by atoms with Gasteiger partial charge in [-0.15, -0.1) is 11.8 Å². The van der Waals surface area contributed by atoms with Crippen molar-refractivity contribution in [2.45, 2.75) is 92.0 Å². The van der Waals surface area contributed by atoms with Gasteiger partial charge in [0.1, 0.15) is 11.5 Å². The molecule has 0 bridgehead atoms. The van der Waals surface area contributed by atoms with Crippen LogP contribution in [0.25, 0.3) is 44.5 Å². The third-order valence-corrected chi connectivity index (χ3v) is 25.2. The SMILES string of the molecule is CC(C)(C)c1ccc(-c2ccccc2N2C3=CC4Sc5cc(N(c6ccc(-c7ccccc7)cc6)c6ccccc6C6CCCCC6)cc6c5B(c5ccccc5O6)C4C=C3B3c4ccccc4N(c4ccccc4)C4=CC(N(c5ccc(-c6ccccc6)cc5)c5ccccc5-c5ccccc5)=CC2C34)cc1. The fourth-order valence-corrected chi connectivity index (χ4v) is 20.4. The van der Waals surface area contributed by atoms with Gasteiger partial charge in [-0.05, 0) is 182 Å². The molecule has 0 aromatic heterocycles. The van der Waals surface area contributed by atoms with E-state index >= 15 is 0 Å². The highest BCUT2D eigenvalue weighted by atomic mass is 32.2. The molecule has 0 spiro atoms. The van der Waals surface area contributed by atoms with Gasteiger partial charge in [-0.3, -0.25) is 0 Å². The lowest BCUT2D eigenvalue weighted by Gasteiger charge is -2.56. The Labute approximate surface area is 640 Å². The lowest BCUT2D eigenvalue weighted by molar-refractivity contribution is 0.444. The first-order valence-electron chi connectivity index (χ1n) is 38.8. The van der Waals surface area contributed by atoms with Crippen LogP contribution in [0.3, 0.4) is 0 Å². The van der Waals surface area contributed by atoms with E-state index in [-0.39, 0.29) is 41.8 Å². The van der Waals surface area contributed by atoms with E-state index in [1.807, 2.05) is 11.8 Å².